The monoisotopic (exact) mass is 255 g/mol. The summed E-state index contributed by atoms with van der Waals surface area (Å²) in [5, 5.41) is 0. The van der Waals surface area contributed by atoms with Crippen molar-refractivity contribution in [1.82, 2.24) is 0 Å². The summed E-state index contributed by atoms with van der Waals surface area (Å²) >= 11 is 0. The standard InChI is InChI=1S/C17H21NO/c1-3-18(14-15-9-6-5-7-10-15)16-11-8-12-17(13-16)19-4-2/h5-13H,3-4,14H2,1-2H3. The smallest absolute Gasteiger partial charge is 0.121 e. The zero-order valence-corrected chi connectivity index (χ0v) is 11.7. The summed E-state index contributed by atoms with van der Waals surface area (Å²) in [6.45, 7) is 6.79. The van der Waals surface area contributed by atoms with Crippen molar-refractivity contribution in [2.75, 3.05) is 18.1 Å². The molecule has 2 rings (SSSR count). The lowest BCUT2D eigenvalue weighted by Crippen LogP contribution is -2.21. The van der Waals surface area contributed by atoms with Gasteiger partial charge in [0, 0.05) is 24.8 Å². The summed E-state index contributed by atoms with van der Waals surface area (Å²) in [4.78, 5) is 2.35. The molecule has 0 N–H and O–H groups in total. The zero-order valence-electron chi connectivity index (χ0n) is 11.7. The Bertz CT molecular complexity index is 496. The molecular formula is C17H21NO. The largest absolute Gasteiger partial charge is 0.494 e. The first-order chi connectivity index (χ1) is 9.33. The third kappa shape index (κ3) is 3.75. The van der Waals surface area contributed by atoms with E-state index in [1.807, 2.05) is 19.1 Å². The van der Waals surface area contributed by atoms with E-state index in [9.17, 15) is 0 Å². The first-order valence-electron chi connectivity index (χ1n) is 6.85. The summed E-state index contributed by atoms with van der Waals surface area (Å²) in [7, 11) is 0. The van der Waals surface area contributed by atoms with Gasteiger partial charge in [0.25, 0.3) is 0 Å². The van der Waals surface area contributed by atoms with Gasteiger partial charge in [-0.3, -0.25) is 0 Å². The van der Waals surface area contributed by atoms with E-state index >= 15 is 0 Å². The Morgan fingerprint density at radius 2 is 1.74 bits per heavy atom. The molecule has 0 spiro atoms. The quantitative estimate of drug-likeness (QED) is 0.770. The zero-order chi connectivity index (χ0) is 13.5. The van der Waals surface area contributed by atoms with Crippen molar-refractivity contribution < 1.29 is 4.74 Å². The van der Waals surface area contributed by atoms with Crippen molar-refractivity contribution in [3.05, 3.63) is 60.2 Å². The van der Waals surface area contributed by atoms with E-state index in [1.165, 1.54) is 11.3 Å². The number of rotatable bonds is 6. The van der Waals surface area contributed by atoms with Crippen molar-refractivity contribution in [2.45, 2.75) is 20.4 Å². The summed E-state index contributed by atoms with van der Waals surface area (Å²) in [6.07, 6.45) is 0. The Kier molecular flexibility index (Phi) is 4.85. The average molecular weight is 255 g/mol. The molecule has 0 aliphatic carbocycles. The van der Waals surface area contributed by atoms with Crippen LogP contribution in [0.1, 0.15) is 19.4 Å². The third-order valence-electron chi connectivity index (χ3n) is 3.09. The van der Waals surface area contributed by atoms with E-state index in [0.717, 1.165) is 18.8 Å². The van der Waals surface area contributed by atoms with Gasteiger partial charge in [-0.1, -0.05) is 36.4 Å². The maximum Gasteiger partial charge on any atom is 0.121 e. The lowest BCUT2D eigenvalue weighted by atomic mass is 10.2. The molecule has 0 aliphatic heterocycles. The Hall–Kier alpha value is -1.96. The Balaban J connectivity index is 2.15. The highest BCUT2D eigenvalue weighted by molar-refractivity contribution is 5.51. The number of hydrogen-bond donors (Lipinski definition) is 0. The Morgan fingerprint density at radius 1 is 0.947 bits per heavy atom. The maximum atomic E-state index is 5.56. The van der Waals surface area contributed by atoms with Crippen molar-refractivity contribution in [1.29, 1.82) is 0 Å². The van der Waals surface area contributed by atoms with Crippen LogP contribution in [0.3, 0.4) is 0 Å². The predicted molar refractivity (Wildman–Crippen MR) is 80.8 cm³/mol. The van der Waals surface area contributed by atoms with Crippen LogP contribution in [0, 0.1) is 0 Å². The fraction of sp³-hybridized carbons (Fsp3) is 0.294. The molecule has 0 saturated heterocycles. The number of nitrogens with zero attached hydrogens (tertiary/aromatic N) is 1. The minimum atomic E-state index is 0.703. The molecule has 0 unspecified atom stereocenters. The number of ether oxygens (including phenoxy) is 1. The van der Waals surface area contributed by atoms with Crippen molar-refractivity contribution in [3.8, 4) is 5.75 Å². The van der Waals surface area contributed by atoms with Crippen LogP contribution in [-0.4, -0.2) is 13.2 Å². The highest BCUT2D eigenvalue weighted by Crippen LogP contribution is 2.22. The fourth-order valence-corrected chi connectivity index (χ4v) is 2.13. The summed E-state index contributed by atoms with van der Waals surface area (Å²) in [5.41, 5.74) is 2.53. The lowest BCUT2D eigenvalue weighted by Gasteiger charge is -2.23. The topological polar surface area (TPSA) is 12.5 Å². The molecule has 0 heterocycles. The van der Waals surface area contributed by atoms with Gasteiger partial charge in [0.15, 0.2) is 0 Å². The molecule has 19 heavy (non-hydrogen) atoms. The molecule has 0 radical (unpaired) electrons. The van der Waals surface area contributed by atoms with Crippen LogP contribution >= 0.6 is 0 Å². The van der Waals surface area contributed by atoms with E-state index in [2.05, 4.69) is 54.3 Å². The molecule has 2 aromatic rings. The molecule has 0 fully saturated rings. The van der Waals surface area contributed by atoms with Crippen molar-refractivity contribution in [3.63, 3.8) is 0 Å². The highest BCUT2D eigenvalue weighted by atomic mass is 16.5. The normalized spacial score (nSPS) is 10.2. The van der Waals surface area contributed by atoms with Gasteiger partial charge in [-0.25, -0.2) is 0 Å². The molecule has 0 aliphatic rings. The number of anilines is 1. The highest BCUT2D eigenvalue weighted by Gasteiger charge is 2.06. The van der Waals surface area contributed by atoms with Crippen LogP contribution in [0.4, 0.5) is 5.69 Å². The molecule has 100 valence electrons. The van der Waals surface area contributed by atoms with Crippen molar-refractivity contribution in [2.24, 2.45) is 0 Å². The molecule has 0 atom stereocenters. The van der Waals surface area contributed by atoms with E-state index in [0.29, 0.717) is 6.61 Å². The molecular weight excluding hydrogens is 234 g/mol. The second-order valence-electron chi connectivity index (χ2n) is 4.43. The second kappa shape index (κ2) is 6.83. The van der Waals surface area contributed by atoms with Gasteiger partial charge in [0.2, 0.25) is 0 Å². The van der Waals surface area contributed by atoms with Crippen LogP contribution in [0.25, 0.3) is 0 Å². The van der Waals surface area contributed by atoms with Gasteiger partial charge < -0.3 is 9.64 Å². The average Bonchev–Trinajstić information content (AvgIpc) is 2.46. The first kappa shape index (κ1) is 13.5. The van der Waals surface area contributed by atoms with Crippen molar-refractivity contribution >= 4 is 5.69 Å². The minimum Gasteiger partial charge on any atom is -0.494 e. The van der Waals surface area contributed by atoms with Gasteiger partial charge in [0.1, 0.15) is 5.75 Å². The van der Waals surface area contributed by atoms with Crippen LogP contribution in [0.15, 0.2) is 54.6 Å². The molecule has 0 amide bonds. The Morgan fingerprint density at radius 3 is 2.42 bits per heavy atom. The predicted octanol–water partition coefficient (Wildman–Crippen LogP) is 4.11. The minimum absolute atomic E-state index is 0.703. The van der Waals surface area contributed by atoms with E-state index in [1.54, 1.807) is 0 Å². The SMILES string of the molecule is CCOc1cccc(N(CC)Cc2ccccc2)c1. The molecule has 0 saturated carbocycles. The number of benzene rings is 2. The van der Waals surface area contributed by atoms with Gasteiger partial charge in [-0.05, 0) is 31.5 Å². The van der Waals surface area contributed by atoms with E-state index in [4.69, 9.17) is 4.74 Å². The Labute approximate surface area is 115 Å². The molecule has 2 aromatic carbocycles. The molecule has 0 aromatic heterocycles. The van der Waals surface area contributed by atoms with Crippen LogP contribution in [0.2, 0.25) is 0 Å². The van der Waals surface area contributed by atoms with Gasteiger partial charge in [0.05, 0.1) is 6.61 Å². The molecule has 2 nitrogen and oxygen atoms in total. The summed E-state index contributed by atoms with van der Waals surface area (Å²) < 4.78 is 5.56. The van der Waals surface area contributed by atoms with E-state index in [-0.39, 0.29) is 0 Å². The lowest BCUT2D eigenvalue weighted by molar-refractivity contribution is 0.340. The second-order valence-corrected chi connectivity index (χ2v) is 4.43. The third-order valence-corrected chi connectivity index (χ3v) is 3.09. The summed E-state index contributed by atoms with van der Waals surface area (Å²) in [6, 6.07) is 18.8. The van der Waals surface area contributed by atoms with Gasteiger partial charge in [-0.15, -0.1) is 0 Å². The van der Waals surface area contributed by atoms with E-state index < -0.39 is 0 Å². The van der Waals surface area contributed by atoms with Gasteiger partial charge in [-0.2, -0.15) is 0 Å². The van der Waals surface area contributed by atoms with Gasteiger partial charge >= 0.3 is 0 Å². The molecule has 2 heteroatoms. The maximum absolute atomic E-state index is 5.56. The molecule has 0 bridgehead atoms. The van der Waals surface area contributed by atoms with Crippen LogP contribution in [0.5, 0.6) is 5.75 Å². The number of hydrogen-bond acceptors (Lipinski definition) is 2. The van der Waals surface area contributed by atoms with Crippen LogP contribution in [-0.2, 0) is 6.54 Å². The first-order valence-corrected chi connectivity index (χ1v) is 6.85. The van der Waals surface area contributed by atoms with Crippen LogP contribution < -0.4 is 9.64 Å². The fourth-order valence-electron chi connectivity index (χ4n) is 2.13. The summed E-state index contributed by atoms with van der Waals surface area (Å²) in [5.74, 6) is 0.937.